The van der Waals surface area contributed by atoms with E-state index in [9.17, 15) is 14.7 Å². The monoisotopic (exact) mass is 366 g/mol. The third kappa shape index (κ3) is 3.59. The Morgan fingerprint density at radius 3 is 1.92 bits per heavy atom. The molecule has 3 aromatic rings. The zero-order valence-electron chi connectivity index (χ0n) is 14.2. The van der Waals surface area contributed by atoms with Crippen molar-refractivity contribution < 1.29 is 19.4 Å². The van der Waals surface area contributed by atoms with Gasteiger partial charge in [0, 0.05) is 4.88 Å². The van der Waals surface area contributed by atoms with E-state index in [1.165, 1.54) is 11.3 Å². The number of thiophene rings is 1. The SMILES string of the molecule is Cc1ccc(C(=O)COC(=O)C(O)(c2ccccc2)c2ccccc2)s1. The first-order valence-corrected chi connectivity index (χ1v) is 8.94. The molecule has 1 N–H and O–H groups in total. The molecular weight excluding hydrogens is 348 g/mol. The fourth-order valence-electron chi connectivity index (χ4n) is 2.65. The number of carbonyl (C=O) groups is 2. The maximum absolute atomic E-state index is 12.8. The van der Waals surface area contributed by atoms with Crippen molar-refractivity contribution >= 4 is 23.1 Å². The normalized spacial score (nSPS) is 11.2. The molecule has 0 atom stereocenters. The molecule has 1 heterocycles. The van der Waals surface area contributed by atoms with Crippen LogP contribution in [0.1, 0.15) is 25.7 Å². The van der Waals surface area contributed by atoms with Gasteiger partial charge in [-0.15, -0.1) is 11.3 Å². The Labute approximate surface area is 155 Å². The van der Waals surface area contributed by atoms with Crippen LogP contribution in [0.15, 0.2) is 72.8 Å². The van der Waals surface area contributed by atoms with Gasteiger partial charge in [0.25, 0.3) is 0 Å². The molecule has 0 aliphatic carbocycles. The minimum atomic E-state index is -1.98. The number of rotatable bonds is 6. The van der Waals surface area contributed by atoms with Crippen LogP contribution in [0.25, 0.3) is 0 Å². The summed E-state index contributed by atoms with van der Waals surface area (Å²) in [5.41, 5.74) is -1.21. The molecule has 0 amide bonds. The van der Waals surface area contributed by atoms with Crippen molar-refractivity contribution in [3.8, 4) is 0 Å². The molecule has 0 radical (unpaired) electrons. The van der Waals surface area contributed by atoms with Gasteiger partial charge in [0.05, 0.1) is 4.88 Å². The molecule has 0 spiro atoms. The van der Waals surface area contributed by atoms with E-state index in [0.717, 1.165) is 4.88 Å². The third-order valence-corrected chi connectivity index (χ3v) is 5.07. The van der Waals surface area contributed by atoms with Gasteiger partial charge in [0.1, 0.15) is 0 Å². The van der Waals surface area contributed by atoms with Gasteiger partial charge in [-0.25, -0.2) is 4.79 Å². The van der Waals surface area contributed by atoms with Crippen molar-refractivity contribution in [2.24, 2.45) is 0 Å². The predicted octanol–water partition coefficient (Wildman–Crippen LogP) is 3.72. The number of benzene rings is 2. The van der Waals surface area contributed by atoms with Crippen molar-refractivity contribution in [3.05, 3.63) is 93.7 Å². The van der Waals surface area contributed by atoms with E-state index < -0.39 is 18.2 Å². The zero-order chi connectivity index (χ0) is 18.6. The Hall–Kier alpha value is -2.76. The van der Waals surface area contributed by atoms with Crippen molar-refractivity contribution in [1.29, 1.82) is 0 Å². The molecule has 0 saturated heterocycles. The van der Waals surface area contributed by atoms with Crippen LogP contribution in [0, 0.1) is 6.92 Å². The lowest BCUT2D eigenvalue weighted by molar-refractivity contribution is -0.160. The highest BCUT2D eigenvalue weighted by Crippen LogP contribution is 2.31. The van der Waals surface area contributed by atoms with Crippen molar-refractivity contribution in [1.82, 2.24) is 0 Å². The molecule has 0 aliphatic heterocycles. The molecule has 0 bridgehead atoms. The lowest BCUT2D eigenvalue weighted by atomic mass is 9.86. The van der Waals surface area contributed by atoms with Crippen LogP contribution in [-0.2, 0) is 15.1 Å². The molecule has 132 valence electrons. The molecule has 0 unspecified atom stereocenters. The van der Waals surface area contributed by atoms with Crippen LogP contribution in [0.5, 0.6) is 0 Å². The second-order valence-electron chi connectivity index (χ2n) is 5.85. The maximum Gasteiger partial charge on any atom is 0.348 e. The average molecular weight is 366 g/mol. The number of carbonyl (C=O) groups excluding carboxylic acids is 2. The summed E-state index contributed by atoms with van der Waals surface area (Å²) < 4.78 is 5.21. The summed E-state index contributed by atoms with van der Waals surface area (Å²) in [4.78, 5) is 26.5. The number of aryl methyl sites for hydroxylation is 1. The first kappa shape index (κ1) is 18.0. The molecule has 2 aromatic carbocycles. The maximum atomic E-state index is 12.8. The smallest absolute Gasteiger partial charge is 0.348 e. The summed E-state index contributed by atoms with van der Waals surface area (Å²) in [6.07, 6.45) is 0. The Balaban J connectivity index is 1.85. The second kappa shape index (κ2) is 7.64. The predicted molar refractivity (Wildman–Crippen MR) is 100 cm³/mol. The number of Topliss-reactive ketones (excluding diaryl/α,β-unsaturated/α-hetero) is 1. The van der Waals surface area contributed by atoms with Crippen LogP contribution in [-0.4, -0.2) is 23.5 Å². The fourth-order valence-corrected chi connectivity index (χ4v) is 3.44. The number of hydrogen-bond acceptors (Lipinski definition) is 5. The molecule has 3 rings (SSSR count). The summed E-state index contributed by atoms with van der Waals surface area (Å²) in [5, 5.41) is 11.2. The van der Waals surface area contributed by atoms with Gasteiger partial charge in [-0.1, -0.05) is 60.7 Å². The van der Waals surface area contributed by atoms with Crippen LogP contribution >= 0.6 is 11.3 Å². The van der Waals surface area contributed by atoms with Crippen LogP contribution in [0.2, 0.25) is 0 Å². The van der Waals surface area contributed by atoms with E-state index in [-0.39, 0.29) is 5.78 Å². The quantitative estimate of drug-likeness (QED) is 0.533. The van der Waals surface area contributed by atoms with Gasteiger partial charge in [-0.05, 0) is 30.2 Å². The first-order valence-electron chi connectivity index (χ1n) is 8.12. The van der Waals surface area contributed by atoms with E-state index >= 15 is 0 Å². The standard InChI is InChI=1S/C21H18O4S/c1-15-12-13-19(26-15)18(22)14-25-20(23)21(24,16-8-4-2-5-9-16)17-10-6-3-7-11-17/h2-13,24H,14H2,1H3. The molecule has 5 heteroatoms. The van der Waals surface area contributed by atoms with E-state index in [2.05, 4.69) is 0 Å². The Kier molecular flexibility index (Phi) is 5.30. The highest BCUT2D eigenvalue weighted by atomic mass is 32.1. The van der Waals surface area contributed by atoms with Gasteiger partial charge < -0.3 is 9.84 Å². The highest BCUT2D eigenvalue weighted by molar-refractivity contribution is 7.14. The minimum absolute atomic E-state index is 0.292. The van der Waals surface area contributed by atoms with Crippen LogP contribution < -0.4 is 0 Å². The largest absolute Gasteiger partial charge is 0.455 e. The first-order chi connectivity index (χ1) is 12.5. The number of esters is 1. The summed E-state index contributed by atoms with van der Waals surface area (Å²) >= 11 is 1.34. The highest BCUT2D eigenvalue weighted by Gasteiger charge is 2.41. The molecule has 1 aromatic heterocycles. The average Bonchev–Trinajstić information content (AvgIpc) is 3.13. The van der Waals surface area contributed by atoms with Crippen molar-refractivity contribution in [2.45, 2.75) is 12.5 Å². The fraction of sp³-hybridized carbons (Fsp3) is 0.143. The summed E-state index contributed by atoms with van der Waals surface area (Å²) in [6, 6.07) is 20.7. The molecule has 26 heavy (non-hydrogen) atoms. The minimum Gasteiger partial charge on any atom is -0.455 e. The van der Waals surface area contributed by atoms with Crippen molar-refractivity contribution in [2.75, 3.05) is 6.61 Å². The number of hydrogen-bond donors (Lipinski definition) is 1. The van der Waals surface area contributed by atoms with Gasteiger partial charge in [-0.2, -0.15) is 0 Å². The van der Waals surface area contributed by atoms with Gasteiger partial charge >= 0.3 is 5.97 Å². The zero-order valence-corrected chi connectivity index (χ0v) is 15.0. The third-order valence-electron chi connectivity index (χ3n) is 4.03. The molecule has 0 saturated carbocycles. The summed E-state index contributed by atoms with van der Waals surface area (Å²) in [5.74, 6) is -1.17. The molecule has 0 fully saturated rings. The van der Waals surface area contributed by atoms with E-state index in [1.807, 2.05) is 13.0 Å². The van der Waals surface area contributed by atoms with Gasteiger partial charge in [0.2, 0.25) is 11.4 Å². The number of aliphatic hydroxyl groups is 1. The molecule has 0 aliphatic rings. The van der Waals surface area contributed by atoms with Gasteiger partial charge in [-0.3, -0.25) is 4.79 Å². The van der Waals surface area contributed by atoms with Crippen LogP contribution in [0.3, 0.4) is 0 Å². The Morgan fingerprint density at radius 1 is 0.923 bits per heavy atom. The topological polar surface area (TPSA) is 63.6 Å². The van der Waals surface area contributed by atoms with E-state index in [4.69, 9.17) is 4.74 Å². The molecule has 4 nitrogen and oxygen atoms in total. The molecular formula is C21H18O4S. The second-order valence-corrected chi connectivity index (χ2v) is 7.14. The number of ketones is 1. The lowest BCUT2D eigenvalue weighted by Gasteiger charge is -2.26. The van der Waals surface area contributed by atoms with E-state index in [1.54, 1.807) is 66.7 Å². The number of ether oxygens (including phenoxy) is 1. The van der Waals surface area contributed by atoms with Crippen molar-refractivity contribution in [3.63, 3.8) is 0 Å². The Bertz CT molecular complexity index is 861. The Morgan fingerprint density at radius 2 is 1.46 bits per heavy atom. The summed E-state index contributed by atoms with van der Waals surface area (Å²) in [7, 11) is 0. The van der Waals surface area contributed by atoms with E-state index in [0.29, 0.717) is 16.0 Å². The van der Waals surface area contributed by atoms with Crippen LogP contribution in [0.4, 0.5) is 0 Å². The summed E-state index contributed by atoms with van der Waals surface area (Å²) in [6.45, 7) is 1.48. The lowest BCUT2D eigenvalue weighted by Crippen LogP contribution is -2.39. The van der Waals surface area contributed by atoms with Gasteiger partial charge in [0.15, 0.2) is 6.61 Å².